The SMILES string of the molecule is Cc1cc(C2CN(C3CN(C(=O)CCS(C)(=O)=O)C3)C2)cc2c1OCc1c(N3CCOCC3)ccnc1N2.[HH]. The van der Waals surface area contributed by atoms with Crippen LogP contribution < -0.4 is 15.0 Å². The Morgan fingerprint density at radius 3 is 2.68 bits per heavy atom. The van der Waals surface area contributed by atoms with E-state index in [4.69, 9.17) is 9.47 Å². The van der Waals surface area contributed by atoms with E-state index in [2.05, 4.69) is 45.2 Å². The number of nitrogens with zero attached hydrogens (tertiary/aromatic N) is 4. The lowest BCUT2D eigenvalue weighted by atomic mass is 9.87. The fourth-order valence-corrected chi connectivity index (χ4v) is 6.31. The Labute approximate surface area is 225 Å². The number of carbonyl (C=O) groups is 1. The van der Waals surface area contributed by atoms with Crippen molar-refractivity contribution in [3.05, 3.63) is 41.1 Å². The highest BCUT2D eigenvalue weighted by Gasteiger charge is 2.41. The Morgan fingerprint density at radius 1 is 1.18 bits per heavy atom. The minimum absolute atomic E-state index is 0. The molecule has 38 heavy (non-hydrogen) atoms. The summed E-state index contributed by atoms with van der Waals surface area (Å²) < 4.78 is 34.5. The summed E-state index contributed by atoms with van der Waals surface area (Å²) in [5, 5.41) is 3.57. The summed E-state index contributed by atoms with van der Waals surface area (Å²) in [6, 6.07) is 6.85. The molecule has 4 aliphatic rings. The quantitative estimate of drug-likeness (QED) is 0.587. The van der Waals surface area contributed by atoms with Crippen LogP contribution in [0.15, 0.2) is 24.4 Å². The normalized spacial score (nSPS) is 20.4. The van der Waals surface area contributed by atoms with Gasteiger partial charge in [-0.1, -0.05) is 6.07 Å². The van der Waals surface area contributed by atoms with Gasteiger partial charge in [-0.05, 0) is 30.2 Å². The number of aryl methyl sites for hydroxylation is 1. The van der Waals surface area contributed by atoms with Gasteiger partial charge >= 0.3 is 0 Å². The number of fused-ring (bicyclic) bond motifs is 2. The summed E-state index contributed by atoms with van der Waals surface area (Å²) >= 11 is 0. The van der Waals surface area contributed by atoms with Gasteiger partial charge < -0.3 is 24.6 Å². The first kappa shape index (κ1) is 25.4. The molecule has 2 aromatic rings. The Balaban J connectivity index is 0.00000308. The fraction of sp³-hybridized carbons (Fsp3) is 0.556. The second-order valence-electron chi connectivity index (χ2n) is 10.9. The van der Waals surface area contributed by atoms with Gasteiger partial charge in [0, 0.05) is 77.2 Å². The van der Waals surface area contributed by atoms with Crippen molar-refractivity contribution in [1.29, 1.82) is 0 Å². The van der Waals surface area contributed by atoms with Crippen LogP contribution in [0.2, 0.25) is 0 Å². The number of carbonyl (C=O) groups excluding carboxylic acids is 1. The minimum Gasteiger partial charge on any atom is -0.486 e. The number of likely N-dealkylation sites (tertiary alicyclic amines) is 2. The average molecular weight is 544 g/mol. The number of sulfone groups is 1. The number of amides is 1. The first-order valence-electron chi connectivity index (χ1n) is 13.3. The van der Waals surface area contributed by atoms with Crippen molar-refractivity contribution in [3.8, 4) is 5.75 Å². The van der Waals surface area contributed by atoms with Crippen LogP contribution in [0.4, 0.5) is 17.2 Å². The Morgan fingerprint density at radius 2 is 1.95 bits per heavy atom. The van der Waals surface area contributed by atoms with Gasteiger partial charge in [0.25, 0.3) is 0 Å². The van der Waals surface area contributed by atoms with Crippen molar-refractivity contribution in [3.63, 3.8) is 0 Å². The van der Waals surface area contributed by atoms with Crippen LogP contribution in [0.1, 0.15) is 30.5 Å². The molecule has 0 spiro atoms. The standard InChI is InChI=1S/C27H35N5O5S.H2/c1-18-11-19(20-13-31(14-20)21-15-32(16-21)25(33)4-10-38(2,34)35)12-23-26(18)37-17-22-24(3-5-28-27(22)29-23)30-6-8-36-9-7-30;/h3,5,11-12,20-21H,4,6-10,13-17H2,1-2H3,(H,28,29);1H. The number of benzene rings is 1. The van der Waals surface area contributed by atoms with E-state index in [0.29, 0.717) is 31.7 Å². The Hall–Kier alpha value is -2.89. The lowest BCUT2D eigenvalue weighted by Gasteiger charge is -2.52. The first-order chi connectivity index (χ1) is 18.2. The van der Waals surface area contributed by atoms with Crippen LogP contribution in [0.3, 0.4) is 0 Å². The third kappa shape index (κ3) is 5.06. The third-order valence-electron chi connectivity index (χ3n) is 8.09. The second-order valence-corrected chi connectivity index (χ2v) is 13.1. The fourth-order valence-electron chi connectivity index (χ4n) is 5.77. The molecule has 1 aromatic carbocycles. The monoisotopic (exact) mass is 543 g/mol. The van der Waals surface area contributed by atoms with Crippen LogP contribution in [-0.4, -0.2) is 99.6 Å². The van der Waals surface area contributed by atoms with Gasteiger partial charge in [0.2, 0.25) is 5.91 Å². The van der Waals surface area contributed by atoms with E-state index in [9.17, 15) is 13.2 Å². The van der Waals surface area contributed by atoms with Gasteiger partial charge in [-0.15, -0.1) is 0 Å². The molecular formula is C27H37N5O5S. The van der Waals surface area contributed by atoms with Crippen LogP contribution >= 0.6 is 0 Å². The van der Waals surface area contributed by atoms with Crippen LogP contribution in [0.5, 0.6) is 5.75 Å². The van der Waals surface area contributed by atoms with Crippen LogP contribution in [0.25, 0.3) is 0 Å². The van der Waals surface area contributed by atoms with E-state index in [1.165, 1.54) is 11.8 Å². The highest BCUT2D eigenvalue weighted by molar-refractivity contribution is 7.90. The molecule has 0 aliphatic carbocycles. The number of pyridine rings is 1. The van der Waals surface area contributed by atoms with Gasteiger partial charge in [0.1, 0.15) is 28.0 Å². The highest BCUT2D eigenvalue weighted by Crippen LogP contribution is 2.42. The number of hydrogen-bond donors (Lipinski definition) is 1. The van der Waals surface area contributed by atoms with Gasteiger partial charge in [-0.3, -0.25) is 9.69 Å². The third-order valence-corrected chi connectivity index (χ3v) is 9.04. The molecule has 1 N–H and O–H groups in total. The summed E-state index contributed by atoms with van der Waals surface area (Å²) in [6.07, 6.45) is 3.10. The average Bonchev–Trinajstić information content (AvgIpc) is 3.02. The maximum Gasteiger partial charge on any atom is 0.223 e. The lowest BCUT2D eigenvalue weighted by molar-refractivity contribution is -0.139. The van der Waals surface area contributed by atoms with Gasteiger partial charge in [-0.25, -0.2) is 13.4 Å². The summed E-state index contributed by atoms with van der Waals surface area (Å²) in [5.74, 6) is 1.99. The van der Waals surface area contributed by atoms with Crippen molar-refractivity contribution >= 4 is 32.9 Å². The number of aromatic nitrogens is 1. The zero-order chi connectivity index (χ0) is 26.4. The molecule has 206 valence electrons. The smallest absolute Gasteiger partial charge is 0.223 e. The Bertz CT molecular complexity index is 1340. The summed E-state index contributed by atoms with van der Waals surface area (Å²) in [4.78, 5) is 23.4. The molecule has 0 saturated carbocycles. The van der Waals surface area contributed by atoms with Crippen molar-refractivity contribution in [2.75, 3.05) is 74.7 Å². The van der Waals surface area contributed by atoms with E-state index in [1.807, 2.05) is 6.20 Å². The summed E-state index contributed by atoms with van der Waals surface area (Å²) in [7, 11) is -3.12. The molecule has 6 rings (SSSR count). The molecule has 5 heterocycles. The molecule has 11 heteroatoms. The first-order valence-corrected chi connectivity index (χ1v) is 15.4. The van der Waals surface area contributed by atoms with Gasteiger partial charge in [0.15, 0.2) is 0 Å². The van der Waals surface area contributed by atoms with Crippen molar-refractivity contribution in [2.45, 2.75) is 31.9 Å². The second kappa shape index (κ2) is 10.0. The zero-order valence-corrected chi connectivity index (χ0v) is 22.8. The van der Waals surface area contributed by atoms with Crippen molar-refractivity contribution < 1.29 is 24.1 Å². The van der Waals surface area contributed by atoms with Crippen LogP contribution in [0, 0.1) is 6.92 Å². The molecule has 0 radical (unpaired) electrons. The molecule has 3 fully saturated rings. The maximum atomic E-state index is 12.2. The Kier molecular flexibility index (Phi) is 6.69. The molecule has 0 bridgehead atoms. The van der Waals surface area contributed by atoms with E-state index >= 15 is 0 Å². The number of ether oxygens (including phenoxy) is 2. The summed E-state index contributed by atoms with van der Waals surface area (Å²) in [6.45, 7) is 9.00. The number of nitrogens with one attached hydrogen (secondary N) is 1. The molecule has 1 aromatic heterocycles. The van der Waals surface area contributed by atoms with Crippen molar-refractivity contribution in [2.24, 2.45) is 0 Å². The highest BCUT2D eigenvalue weighted by atomic mass is 32.2. The number of morpholine rings is 1. The number of rotatable bonds is 6. The van der Waals surface area contributed by atoms with E-state index in [0.717, 1.165) is 73.5 Å². The zero-order valence-electron chi connectivity index (χ0n) is 22.0. The van der Waals surface area contributed by atoms with Crippen molar-refractivity contribution in [1.82, 2.24) is 14.8 Å². The topological polar surface area (TPSA) is 104 Å². The largest absolute Gasteiger partial charge is 0.486 e. The van der Waals surface area contributed by atoms with Gasteiger partial charge in [-0.2, -0.15) is 0 Å². The molecule has 0 unspecified atom stereocenters. The van der Waals surface area contributed by atoms with Gasteiger partial charge in [0.05, 0.1) is 30.2 Å². The predicted octanol–water partition coefficient (Wildman–Crippen LogP) is 2.15. The molecule has 10 nitrogen and oxygen atoms in total. The molecule has 1 amide bonds. The summed E-state index contributed by atoms with van der Waals surface area (Å²) in [5.41, 5.74) is 5.56. The number of hydrogen-bond acceptors (Lipinski definition) is 9. The molecular weight excluding hydrogens is 506 g/mol. The van der Waals surface area contributed by atoms with E-state index in [-0.39, 0.29) is 19.5 Å². The lowest BCUT2D eigenvalue weighted by Crippen LogP contribution is -2.65. The predicted molar refractivity (Wildman–Crippen MR) is 147 cm³/mol. The molecule has 3 saturated heterocycles. The molecule has 4 aliphatic heterocycles. The maximum absolute atomic E-state index is 12.2. The van der Waals surface area contributed by atoms with Crippen LogP contribution in [-0.2, 0) is 26.0 Å². The van der Waals surface area contributed by atoms with E-state index in [1.54, 1.807) is 4.90 Å². The number of anilines is 3. The van der Waals surface area contributed by atoms with E-state index < -0.39 is 9.84 Å². The minimum atomic E-state index is -3.12. The molecule has 0 atom stereocenters.